The minimum absolute atomic E-state index is 0.0556. The number of ketones is 1. The quantitative estimate of drug-likeness (QED) is 0.401. The fourth-order valence-corrected chi connectivity index (χ4v) is 3.14. The average molecular weight is 430 g/mol. The first-order valence-corrected chi connectivity index (χ1v) is 8.11. The number of benzene rings is 2. The molecule has 0 radical (unpaired) electrons. The van der Waals surface area contributed by atoms with Crippen LogP contribution in [0.4, 0.5) is 0 Å². The summed E-state index contributed by atoms with van der Waals surface area (Å²) >= 11 is 14.4. The molecule has 3 aromatic rings. The summed E-state index contributed by atoms with van der Waals surface area (Å²) in [5.74, 6) is 0.0556. The molecule has 2 aromatic carbocycles. The van der Waals surface area contributed by atoms with Gasteiger partial charge < -0.3 is 4.57 Å². The Morgan fingerprint density at radius 1 is 1.10 bits per heavy atom. The highest BCUT2D eigenvalue weighted by molar-refractivity contribution is 14.1. The van der Waals surface area contributed by atoms with E-state index in [-0.39, 0.29) is 12.3 Å². The van der Waals surface area contributed by atoms with Gasteiger partial charge in [0.15, 0.2) is 5.78 Å². The Bertz CT molecular complexity index is 824. The second-order valence-corrected chi connectivity index (χ2v) is 6.78. The molecule has 0 saturated carbocycles. The molecule has 0 bridgehead atoms. The molecule has 3 rings (SSSR count). The Labute approximate surface area is 145 Å². The first-order valence-electron chi connectivity index (χ1n) is 6.27. The molecule has 1 aromatic heterocycles. The second-order valence-electron chi connectivity index (χ2n) is 4.69. The fraction of sp³-hybridized carbons (Fsp3) is 0.0625. The number of carbonyl (C=O) groups is 1. The number of nitrogens with zero attached hydrogens (tertiary/aromatic N) is 1. The first kappa shape index (κ1) is 14.9. The van der Waals surface area contributed by atoms with Gasteiger partial charge in [-0.05, 0) is 52.9 Å². The summed E-state index contributed by atoms with van der Waals surface area (Å²) in [7, 11) is 0. The summed E-state index contributed by atoms with van der Waals surface area (Å²) in [4.78, 5) is 12.3. The standard InChI is InChI=1S/C16H10Cl2INO/c17-11-7-14(18)13-5-6-20(15(13)8-11)9-16(21)10-1-3-12(19)4-2-10/h1-8H,9H2. The molecule has 5 heteroatoms. The molecule has 0 spiro atoms. The van der Waals surface area contributed by atoms with Crippen molar-refractivity contribution in [1.82, 2.24) is 4.57 Å². The van der Waals surface area contributed by atoms with E-state index in [4.69, 9.17) is 23.2 Å². The molecule has 0 fully saturated rings. The zero-order valence-corrected chi connectivity index (χ0v) is 14.5. The lowest BCUT2D eigenvalue weighted by Gasteiger charge is -2.06. The van der Waals surface area contributed by atoms with Crippen LogP contribution in [0.2, 0.25) is 10.0 Å². The largest absolute Gasteiger partial charge is 0.340 e. The molecular weight excluding hydrogens is 420 g/mol. The molecule has 2 nitrogen and oxygen atoms in total. The third-order valence-corrected chi connectivity index (χ3v) is 4.53. The van der Waals surface area contributed by atoms with Crippen LogP contribution in [0.3, 0.4) is 0 Å². The van der Waals surface area contributed by atoms with Crippen molar-refractivity contribution in [2.75, 3.05) is 0 Å². The van der Waals surface area contributed by atoms with Crippen LogP contribution in [0.1, 0.15) is 10.4 Å². The monoisotopic (exact) mass is 429 g/mol. The lowest BCUT2D eigenvalue weighted by Crippen LogP contribution is -2.09. The van der Waals surface area contributed by atoms with Gasteiger partial charge in [0, 0.05) is 25.7 Å². The van der Waals surface area contributed by atoms with E-state index in [1.165, 1.54) is 0 Å². The van der Waals surface area contributed by atoms with Crippen LogP contribution in [-0.4, -0.2) is 10.4 Å². The van der Waals surface area contributed by atoms with Crippen molar-refractivity contribution < 1.29 is 4.79 Å². The number of rotatable bonds is 3. The van der Waals surface area contributed by atoms with E-state index in [9.17, 15) is 4.79 Å². The van der Waals surface area contributed by atoms with Gasteiger partial charge in [0.25, 0.3) is 0 Å². The van der Waals surface area contributed by atoms with Crippen molar-refractivity contribution in [1.29, 1.82) is 0 Å². The van der Waals surface area contributed by atoms with Crippen molar-refractivity contribution in [2.24, 2.45) is 0 Å². The zero-order valence-electron chi connectivity index (χ0n) is 10.8. The van der Waals surface area contributed by atoms with Crippen LogP contribution in [-0.2, 0) is 6.54 Å². The summed E-state index contributed by atoms with van der Waals surface area (Å²) in [5.41, 5.74) is 1.57. The molecule has 0 N–H and O–H groups in total. The number of hydrogen-bond acceptors (Lipinski definition) is 1. The smallest absolute Gasteiger partial charge is 0.182 e. The molecule has 0 unspecified atom stereocenters. The van der Waals surface area contributed by atoms with Crippen LogP contribution in [0, 0.1) is 3.57 Å². The van der Waals surface area contributed by atoms with E-state index >= 15 is 0 Å². The van der Waals surface area contributed by atoms with E-state index in [0.29, 0.717) is 15.6 Å². The minimum Gasteiger partial charge on any atom is -0.340 e. The van der Waals surface area contributed by atoms with E-state index in [2.05, 4.69) is 22.6 Å². The summed E-state index contributed by atoms with van der Waals surface area (Å²) < 4.78 is 2.97. The Morgan fingerprint density at radius 2 is 1.81 bits per heavy atom. The van der Waals surface area contributed by atoms with Gasteiger partial charge in [-0.2, -0.15) is 0 Å². The highest BCUT2D eigenvalue weighted by Gasteiger charge is 2.11. The Hall–Kier alpha value is -1.04. The van der Waals surface area contributed by atoms with Crippen molar-refractivity contribution in [2.45, 2.75) is 6.54 Å². The lowest BCUT2D eigenvalue weighted by atomic mass is 10.1. The Morgan fingerprint density at radius 3 is 2.52 bits per heavy atom. The maximum Gasteiger partial charge on any atom is 0.182 e. The number of Topliss-reactive ketones (excluding diaryl/α,β-unsaturated/α-hetero) is 1. The molecule has 0 aliphatic carbocycles. The molecular formula is C16H10Cl2INO. The maximum atomic E-state index is 12.3. The van der Waals surface area contributed by atoms with Crippen LogP contribution >= 0.6 is 45.8 Å². The molecule has 0 aliphatic heterocycles. The molecule has 0 atom stereocenters. The summed E-state index contributed by atoms with van der Waals surface area (Å²) in [6.07, 6.45) is 1.86. The van der Waals surface area contributed by atoms with E-state index in [1.807, 2.05) is 47.2 Å². The van der Waals surface area contributed by atoms with Crippen molar-refractivity contribution in [3.05, 3.63) is 67.8 Å². The van der Waals surface area contributed by atoms with Gasteiger partial charge in [-0.1, -0.05) is 35.3 Å². The topological polar surface area (TPSA) is 22.0 Å². The van der Waals surface area contributed by atoms with Gasteiger partial charge in [-0.25, -0.2) is 0 Å². The van der Waals surface area contributed by atoms with E-state index in [1.54, 1.807) is 6.07 Å². The molecule has 0 amide bonds. The van der Waals surface area contributed by atoms with Crippen LogP contribution in [0.5, 0.6) is 0 Å². The Balaban J connectivity index is 1.95. The average Bonchev–Trinajstić information content (AvgIpc) is 2.83. The van der Waals surface area contributed by atoms with Gasteiger partial charge in [-0.3, -0.25) is 4.79 Å². The van der Waals surface area contributed by atoms with Gasteiger partial charge in [0.05, 0.1) is 17.1 Å². The summed E-state index contributed by atoms with van der Waals surface area (Å²) in [5, 5.41) is 2.06. The number of hydrogen-bond donors (Lipinski definition) is 0. The van der Waals surface area contributed by atoms with Crippen LogP contribution < -0.4 is 0 Å². The van der Waals surface area contributed by atoms with Crippen LogP contribution in [0.15, 0.2) is 48.7 Å². The van der Waals surface area contributed by atoms with Crippen LogP contribution in [0.25, 0.3) is 10.9 Å². The third-order valence-electron chi connectivity index (χ3n) is 3.28. The van der Waals surface area contributed by atoms with Crippen molar-refractivity contribution in [3.8, 4) is 0 Å². The second kappa shape index (κ2) is 5.99. The van der Waals surface area contributed by atoms with Crippen molar-refractivity contribution >= 4 is 62.5 Å². The molecule has 0 aliphatic rings. The highest BCUT2D eigenvalue weighted by Crippen LogP contribution is 2.28. The lowest BCUT2D eigenvalue weighted by molar-refractivity contribution is 0.0973. The van der Waals surface area contributed by atoms with Crippen molar-refractivity contribution in [3.63, 3.8) is 0 Å². The number of halogens is 3. The Kier molecular flexibility index (Phi) is 4.24. The molecule has 106 valence electrons. The minimum atomic E-state index is 0.0556. The van der Waals surface area contributed by atoms with E-state index < -0.39 is 0 Å². The summed E-state index contributed by atoms with van der Waals surface area (Å²) in [6, 6.07) is 13.0. The highest BCUT2D eigenvalue weighted by atomic mass is 127. The molecule has 0 saturated heterocycles. The number of aromatic nitrogens is 1. The first-order chi connectivity index (χ1) is 10.0. The van der Waals surface area contributed by atoms with Gasteiger partial charge in [-0.15, -0.1) is 0 Å². The van der Waals surface area contributed by atoms with Gasteiger partial charge >= 0.3 is 0 Å². The maximum absolute atomic E-state index is 12.3. The van der Waals surface area contributed by atoms with E-state index in [0.717, 1.165) is 14.5 Å². The predicted octanol–water partition coefficient (Wildman–Crippen LogP) is 5.44. The number of carbonyl (C=O) groups excluding carboxylic acids is 1. The zero-order chi connectivity index (χ0) is 15.0. The van der Waals surface area contributed by atoms with Gasteiger partial charge in [0.1, 0.15) is 0 Å². The molecule has 1 heterocycles. The predicted molar refractivity (Wildman–Crippen MR) is 95.4 cm³/mol. The third kappa shape index (κ3) is 3.10. The number of fused-ring (bicyclic) bond motifs is 1. The SMILES string of the molecule is O=C(Cn1ccc2c(Cl)cc(Cl)cc21)c1ccc(I)cc1. The fourth-order valence-electron chi connectivity index (χ4n) is 2.24. The van der Waals surface area contributed by atoms with Gasteiger partial charge in [0.2, 0.25) is 0 Å². The normalized spacial score (nSPS) is 11.0. The molecule has 21 heavy (non-hydrogen) atoms. The summed E-state index contributed by atoms with van der Waals surface area (Å²) in [6.45, 7) is 0.265.